The third-order valence-corrected chi connectivity index (χ3v) is 8.03. The van der Waals surface area contributed by atoms with Crippen LogP contribution in [0, 0.1) is 6.92 Å². The van der Waals surface area contributed by atoms with Crippen LogP contribution in [-0.4, -0.2) is 60.1 Å². The highest BCUT2D eigenvalue weighted by Gasteiger charge is 2.39. The summed E-state index contributed by atoms with van der Waals surface area (Å²) in [4.78, 5) is 24.0. The number of rotatable bonds is 6. The fourth-order valence-corrected chi connectivity index (χ4v) is 5.65. The van der Waals surface area contributed by atoms with Crippen LogP contribution in [0.4, 0.5) is 5.82 Å². The lowest BCUT2D eigenvalue weighted by molar-refractivity contribution is -0.118. The number of hydrogen-bond donors (Lipinski definition) is 0. The van der Waals surface area contributed by atoms with Crippen molar-refractivity contribution in [2.24, 2.45) is 0 Å². The van der Waals surface area contributed by atoms with Crippen molar-refractivity contribution in [1.82, 2.24) is 18.6 Å². The summed E-state index contributed by atoms with van der Waals surface area (Å²) in [6, 6.07) is 9.65. The number of hydrogen-bond acceptors (Lipinski definition) is 5. The highest BCUT2D eigenvalue weighted by atomic mass is 32.2. The van der Waals surface area contributed by atoms with Gasteiger partial charge >= 0.3 is 0 Å². The number of carbonyl (C=O) groups excluding carboxylic acids is 1. The first-order chi connectivity index (χ1) is 14.8. The van der Waals surface area contributed by atoms with Crippen molar-refractivity contribution in [3.8, 4) is 0 Å². The predicted octanol–water partition coefficient (Wildman–Crippen LogP) is 2.25. The number of fused-ring (bicyclic) bond motifs is 1. The van der Waals surface area contributed by atoms with E-state index in [2.05, 4.69) is 12.1 Å². The average molecular weight is 444 g/mol. The van der Waals surface area contributed by atoms with Gasteiger partial charge in [0.2, 0.25) is 5.91 Å². The van der Waals surface area contributed by atoms with Crippen molar-refractivity contribution in [2.45, 2.75) is 45.1 Å². The van der Waals surface area contributed by atoms with Crippen LogP contribution < -0.4 is 4.90 Å². The first-order valence-corrected chi connectivity index (χ1v) is 12.1. The standard InChI is InChI=1S/C22H29N5O3S/c1-16-18-11-12-20(28)26(15-13-17-8-5-4-6-9-17)22(18)24-21(23-16)19-10-7-14-27(19)31(29,30)25(2)3/h4-6,8-9,19H,7,10-15H2,1-3H3. The molecule has 0 saturated carbocycles. The molecule has 1 aromatic heterocycles. The van der Waals surface area contributed by atoms with Gasteiger partial charge in [0, 0.05) is 44.9 Å². The summed E-state index contributed by atoms with van der Waals surface area (Å²) >= 11 is 0. The Balaban J connectivity index is 1.68. The molecule has 0 aliphatic carbocycles. The Morgan fingerprint density at radius 3 is 2.58 bits per heavy atom. The number of anilines is 1. The molecule has 0 spiro atoms. The maximum atomic E-state index is 12.8. The third kappa shape index (κ3) is 4.22. The summed E-state index contributed by atoms with van der Waals surface area (Å²) in [5, 5.41) is 0. The van der Waals surface area contributed by atoms with E-state index >= 15 is 0 Å². The Kier molecular flexibility index (Phi) is 6.09. The van der Waals surface area contributed by atoms with Crippen LogP contribution >= 0.6 is 0 Å². The first-order valence-electron chi connectivity index (χ1n) is 10.7. The molecule has 0 bridgehead atoms. The molecule has 1 fully saturated rings. The number of aryl methyl sites for hydroxylation is 1. The molecule has 2 aliphatic rings. The lowest BCUT2D eigenvalue weighted by atomic mass is 10.0. The molecule has 0 radical (unpaired) electrons. The van der Waals surface area contributed by atoms with Gasteiger partial charge in [-0.15, -0.1) is 0 Å². The van der Waals surface area contributed by atoms with Gasteiger partial charge in [0.05, 0.1) is 6.04 Å². The van der Waals surface area contributed by atoms with Crippen LogP contribution in [0.5, 0.6) is 0 Å². The number of carbonyl (C=O) groups is 1. The van der Waals surface area contributed by atoms with E-state index in [4.69, 9.17) is 9.97 Å². The molecule has 4 rings (SSSR count). The molecule has 1 amide bonds. The highest BCUT2D eigenvalue weighted by Crippen LogP contribution is 2.36. The normalized spacial score (nSPS) is 19.8. The molecule has 1 unspecified atom stereocenters. The fourth-order valence-electron chi connectivity index (χ4n) is 4.35. The maximum Gasteiger partial charge on any atom is 0.282 e. The van der Waals surface area contributed by atoms with E-state index in [1.165, 1.54) is 22.7 Å². The van der Waals surface area contributed by atoms with Gasteiger partial charge in [-0.05, 0) is 38.2 Å². The lowest BCUT2D eigenvalue weighted by Gasteiger charge is -2.31. The third-order valence-electron chi connectivity index (χ3n) is 6.08. The zero-order chi connectivity index (χ0) is 22.2. The summed E-state index contributed by atoms with van der Waals surface area (Å²) in [5.74, 6) is 1.18. The average Bonchev–Trinajstić information content (AvgIpc) is 3.24. The van der Waals surface area contributed by atoms with Gasteiger partial charge in [-0.2, -0.15) is 17.0 Å². The van der Waals surface area contributed by atoms with E-state index in [1.807, 2.05) is 25.1 Å². The minimum absolute atomic E-state index is 0.0525. The van der Waals surface area contributed by atoms with Crippen molar-refractivity contribution in [2.75, 3.05) is 32.1 Å². The molecule has 166 valence electrons. The zero-order valence-corrected chi connectivity index (χ0v) is 19.1. The van der Waals surface area contributed by atoms with E-state index in [0.29, 0.717) is 44.0 Å². The number of aromatic nitrogens is 2. The molecular formula is C22H29N5O3S. The molecule has 2 aliphatic heterocycles. The summed E-state index contributed by atoms with van der Waals surface area (Å²) in [6.45, 7) is 2.91. The molecule has 1 atom stereocenters. The highest BCUT2D eigenvalue weighted by molar-refractivity contribution is 7.86. The largest absolute Gasteiger partial charge is 0.296 e. The Morgan fingerprint density at radius 1 is 1.13 bits per heavy atom. The summed E-state index contributed by atoms with van der Waals surface area (Å²) < 4.78 is 28.3. The van der Waals surface area contributed by atoms with E-state index in [1.54, 1.807) is 4.90 Å². The Hall–Kier alpha value is -2.36. The summed E-state index contributed by atoms with van der Waals surface area (Å²) in [7, 11) is -0.502. The van der Waals surface area contributed by atoms with Crippen molar-refractivity contribution >= 4 is 21.9 Å². The van der Waals surface area contributed by atoms with Crippen molar-refractivity contribution in [1.29, 1.82) is 0 Å². The number of amides is 1. The van der Waals surface area contributed by atoms with E-state index < -0.39 is 16.3 Å². The van der Waals surface area contributed by atoms with Gasteiger partial charge in [-0.3, -0.25) is 9.69 Å². The van der Waals surface area contributed by atoms with Gasteiger partial charge in [0.15, 0.2) is 0 Å². The predicted molar refractivity (Wildman–Crippen MR) is 119 cm³/mol. The van der Waals surface area contributed by atoms with E-state index in [0.717, 1.165) is 29.7 Å². The second-order valence-corrected chi connectivity index (χ2v) is 10.4. The van der Waals surface area contributed by atoms with Crippen LogP contribution in [-0.2, 0) is 27.8 Å². The summed E-state index contributed by atoms with van der Waals surface area (Å²) in [6.07, 6.45) is 3.22. The van der Waals surface area contributed by atoms with Crippen molar-refractivity contribution in [3.05, 3.63) is 53.0 Å². The molecule has 31 heavy (non-hydrogen) atoms. The van der Waals surface area contributed by atoms with Gasteiger partial charge in [0.25, 0.3) is 10.2 Å². The second kappa shape index (κ2) is 8.64. The summed E-state index contributed by atoms with van der Waals surface area (Å²) in [5.41, 5.74) is 2.97. The van der Waals surface area contributed by atoms with Gasteiger partial charge in [0.1, 0.15) is 11.6 Å². The van der Waals surface area contributed by atoms with Crippen molar-refractivity contribution in [3.63, 3.8) is 0 Å². The van der Waals surface area contributed by atoms with Crippen LogP contribution in [0.1, 0.15) is 47.9 Å². The molecule has 9 heteroatoms. The van der Waals surface area contributed by atoms with Crippen molar-refractivity contribution < 1.29 is 13.2 Å². The van der Waals surface area contributed by atoms with Crippen LogP contribution in [0.2, 0.25) is 0 Å². The zero-order valence-electron chi connectivity index (χ0n) is 18.3. The van der Waals surface area contributed by atoms with Gasteiger partial charge in [-0.25, -0.2) is 9.97 Å². The molecular weight excluding hydrogens is 414 g/mol. The monoisotopic (exact) mass is 443 g/mol. The lowest BCUT2D eigenvalue weighted by Crippen LogP contribution is -2.41. The quantitative estimate of drug-likeness (QED) is 0.683. The van der Waals surface area contributed by atoms with Crippen LogP contribution in [0.15, 0.2) is 30.3 Å². The Bertz CT molecular complexity index is 1070. The minimum Gasteiger partial charge on any atom is -0.296 e. The molecule has 3 heterocycles. The topological polar surface area (TPSA) is 86.7 Å². The molecule has 1 saturated heterocycles. The second-order valence-electron chi connectivity index (χ2n) is 8.31. The number of benzene rings is 1. The molecule has 1 aromatic carbocycles. The van der Waals surface area contributed by atoms with Gasteiger partial charge in [-0.1, -0.05) is 30.3 Å². The van der Waals surface area contributed by atoms with Crippen LogP contribution in [0.3, 0.4) is 0 Å². The van der Waals surface area contributed by atoms with Crippen LogP contribution in [0.25, 0.3) is 0 Å². The first kappa shape index (κ1) is 21.9. The molecule has 2 aromatic rings. The van der Waals surface area contributed by atoms with E-state index in [9.17, 15) is 13.2 Å². The Morgan fingerprint density at radius 2 is 1.87 bits per heavy atom. The Labute approximate surface area is 184 Å². The fraction of sp³-hybridized carbons (Fsp3) is 0.500. The SMILES string of the molecule is Cc1nc(C2CCCN2S(=O)(=O)N(C)C)nc2c1CCC(=O)N2CCc1ccccc1. The molecule has 8 nitrogen and oxygen atoms in total. The maximum absolute atomic E-state index is 12.8. The molecule has 0 N–H and O–H groups in total. The minimum atomic E-state index is -3.57. The van der Waals surface area contributed by atoms with Gasteiger partial charge < -0.3 is 0 Å². The van der Waals surface area contributed by atoms with E-state index in [-0.39, 0.29) is 5.91 Å². The smallest absolute Gasteiger partial charge is 0.282 e. The number of nitrogens with zero attached hydrogens (tertiary/aromatic N) is 5.